The summed E-state index contributed by atoms with van der Waals surface area (Å²) in [5.41, 5.74) is 3.04. The minimum atomic E-state index is -0.00235. The van der Waals surface area contributed by atoms with E-state index in [4.69, 9.17) is 9.47 Å². The third kappa shape index (κ3) is 4.20. The highest BCUT2D eigenvalue weighted by molar-refractivity contribution is 9.10. The Hall–Kier alpha value is -1.66. The van der Waals surface area contributed by atoms with E-state index in [1.165, 1.54) is 0 Å². The van der Waals surface area contributed by atoms with Crippen molar-refractivity contribution >= 4 is 39.3 Å². The number of hydrogen-bond donors (Lipinski definition) is 1. The summed E-state index contributed by atoms with van der Waals surface area (Å²) in [7, 11) is 0. The van der Waals surface area contributed by atoms with Gasteiger partial charge in [0.05, 0.1) is 5.75 Å². The van der Waals surface area contributed by atoms with Crippen molar-refractivity contribution in [3.63, 3.8) is 0 Å². The van der Waals surface area contributed by atoms with E-state index in [1.807, 2.05) is 43.3 Å². The van der Waals surface area contributed by atoms with Crippen molar-refractivity contribution in [1.29, 1.82) is 0 Å². The second-order valence-electron chi connectivity index (χ2n) is 5.21. The molecule has 1 aliphatic heterocycles. The van der Waals surface area contributed by atoms with Crippen molar-refractivity contribution in [1.82, 2.24) is 0 Å². The highest BCUT2D eigenvalue weighted by Gasteiger charge is 2.16. The first-order valence-corrected chi connectivity index (χ1v) is 9.09. The number of rotatable bonds is 5. The van der Waals surface area contributed by atoms with Gasteiger partial charge in [0.1, 0.15) is 0 Å². The Morgan fingerprint density at radius 1 is 1.26 bits per heavy atom. The predicted octanol–water partition coefficient (Wildman–Crippen LogP) is 4.36. The van der Waals surface area contributed by atoms with Crippen LogP contribution in [0.15, 0.2) is 40.9 Å². The maximum Gasteiger partial charge on any atom is 0.234 e. The van der Waals surface area contributed by atoms with E-state index in [1.54, 1.807) is 11.8 Å². The minimum Gasteiger partial charge on any atom is -0.454 e. The summed E-state index contributed by atoms with van der Waals surface area (Å²) in [5, 5.41) is 2.91. The zero-order chi connectivity index (χ0) is 16.2. The van der Waals surface area contributed by atoms with Gasteiger partial charge in [-0.3, -0.25) is 4.79 Å². The summed E-state index contributed by atoms with van der Waals surface area (Å²) >= 11 is 5.09. The molecule has 2 aromatic carbocycles. The number of hydrogen-bond acceptors (Lipinski definition) is 4. The zero-order valence-corrected chi connectivity index (χ0v) is 15.0. The molecule has 0 atom stereocenters. The molecule has 0 saturated carbocycles. The number of nitrogens with one attached hydrogen (secondary N) is 1. The quantitative estimate of drug-likeness (QED) is 0.819. The van der Waals surface area contributed by atoms with Crippen molar-refractivity contribution in [2.75, 3.05) is 17.9 Å². The average molecular weight is 394 g/mol. The lowest BCUT2D eigenvalue weighted by Crippen LogP contribution is -2.14. The molecule has 1 N–H and O–H groups in total. The van der Waals surface area contributed by atoms with Gasteiger partial charge in [0.25, 0.3) is 0 Å². The second-order valence-corrected chi connectivity index (χ2v) is 7.05. The van der Waals surface area contributed by atoms with Gasteiger partial charge in [-0.05, 0) is 42.3 Å². The second kappa shape index (κ2) is 7.27. The molecule has 3 rings (SSSR count). The van der Waals surface area contributed by atoms with Gasteiger partial charge in [0, 0.05) is 15.9 Å². The maximum absolute atomic E-state index is 12.0. The predicted molar refractivity (Wildman–Crippen MR) is 96.2 cm³/mol. The first kappa shape index (κ1) is 16.2. The number of amides is 1. The van der Waals surface area contributed by atoms with Gasteiger partial charge in [0.15, 0.2) is 11.5 Å². The molecule has 0 bridgehead atoms. The van der Waals surface area contributed by atoms with Gasteiger partial charge >= 0.3 is 0 Å². The monoisotopic (exact) mass is 393 g/mol. The number of thioether (sulfide) groups is 1. The summed E-state index contributed by atoms with van der Waals surface area (Å²) in [6, 6.07) is 11.6. The van der Waals surface area contributed by atoms with Gasteiger partial charge in [-0.15, -0.1) is 11.8 Å². The van der Waals surface area contributed by atoms with Crippen LogP contribution in [0.4, 0.5) is 5.69 Å². The van der Waals surface area contributed by atoms with Crippen molar-refractivity contribution in [3.8, 4) is 11.5 Å². The number of aryl methyl sites for hydroxylation is 1. The van der Waals surface area contributed by atoms with Crippen molar-refractivity contribution in [2.45, 2.75) is 12.7 Å². The third-order valence-corrected chi connectivity index (χ3v) is 5.05. The van der Waals surface area contributed by atoms with Crippen LogP contribution in [0.3, 0.4) is 0 Å². The van der Waals surface area contributed by atoms with Gasteiger partial charge in [-0.25, -0.2) is 0 Å². The first-order chi connectivity index (χ1) is 11.1. The summed E-state index contributed by atoms with van der Waals surface area (Å²) in [6.07, 6.45) is 0. The van der Waals surface area contributed by atoms with Gasteiger partial charge in [-0.2, -0.15) is 0 Å². The molecule has 0 spiro atoms. The number of anilines is 1. The van der Waals surface area contributed by atoms with Crippen LogP contribution in [0.5, 0.6) is 11.5 Å². The Balaban J connectivity index is 1.52. The van der Waals surface area contributed by atoms with Crippen LogP contribution < -0.4 is 14.8 Å². The molecular formula is C17H16BrNO3S. The molecule has 1 heterocycles. The molecular weight excluding hydrogens is 378 g/mol. The molecule has 6 heteroatoms. The molecule has 0 saturated heterocycles. The fraction of sp³-hybridized carbons (Fsp3) is 0.235. The van der Waals surface area contributed by atoms with Crippen LogP contribution in [0, 0.1) is 6.92 Å². The van der Waals surface area contributed by atoms with Crippen molar-refractivity contribution in [3.05, 3.63) is 52.0 Å². The fourth-order valence-corrected chi connectivity index (χ4v) is 3.71. The number of fused-ring (bicyclic) bond motifs is 1. The van der Waals surface area contributed by atoms with Crippen molar-refractivity contribution in [2.24, 2.45) is 0 Å². The summed E-state index contributed by atoms with van der Waals surface area (Å²) in [5.74, 6) is 2.63. The fourth-order valence-electron chi connectivity index (χ4n) is 2.24. The van der Waals surface area contributed by atoms with Gasteiger partial charge < -0.3 is 14.8 Å². The number of carbonyl (C=O) groups excluding carboxylic acids is 1. The molecule has 0 aliphatic carbocycles. The molecule has 0 fully saturated rings. The third-order valence-electron chi connectivity index (χ3n) is 3.33. The number of halogens is 1. The van der Waals surface area contributed by atoms with Gasteiger partial charge in [0.2, 0.25) is 12.7 Å². The number of ether oxygens (including phenoxy) is 2. The maximum atomic E-state index is 12.0. The Labute approximate surface area is 147 Å². The van der Waals surface area contributed by atoms with E-state index < -0.39 is 0 Å². The van der Waals surface area contributed by atoms with Crippen LogP contribution in [0.1, 0.15) is 11.1 Å². The van der Waals surface area contributed by atoms with Crippen LogP contribution in [0.25, 0.3) is 0 Å². The lowest BCUT2D eigenvalue weighted by molar-refractivity contribution is -0.113. The molecule has 4 nitrogen and oxygen atoms in total. The van der Waals surface area contributed by atoms with Crippen LogP contribution in [-0.4, -0.2) is 18.5 Å². The van der Waals surface area contributed by atoms with Crippen LogP contribution >= 0.6 is 27.7 Å². The smallest absolute Gasteiger partial charge is 0.234 e. The Kier molecular flexibility index (Phi) is 5.13. The van der Waals surface area contributed by atoms with E-state index in [-0.39, 0.29) is 12.7 Å². The summed E-state index contributed by atoms with van der Waals surface area (Å²) in [6.45, 7) is 2.26. The largest absolute Gasteiger partial charge is 0.454 e. The highest BCUT2D eigenvalue weighted by atomic mass is 79.9. The van der Waals surface area contributed by atoms with E-state index in [9.17, 15) is 4.79 Å². The lowest BCUT2D eigenvalue weighted by Gasteiger charge is -2.08. The Bertz CT molecular complexity index is 736. The standard InChI is InChI=1S/C17H16BrNO3S/c1-11-3-2-4-13(5-11)19-17(20)9-23-8-12-6-15-16(7-14(12)18)22-10-21-15/h2-7H,8-10H2,1H3,(H,19,20). The summed E-state index contributed by atoms with van der Waals surface area (Å²) in [4.78, 5) is 12.0. The number of carbonyl (C=O) groups is 1. The average Bonchev–Trinajstić information content (AvgIpc) is 2.94. The molecule has 120 valence electrons. The zero-order valence-electron chi connectivity index (χ0n) is 12.6. The van der Waals surface area contributed by atoms with Gasteiger partial charge in [-0.1, -0.05) is 28.1 Å². The van der Waals surface area contributed by atoms with E-state index >= 15 is 0 Å². The molecule has 0 radical (unpaired) electrons. The number of benzene rings is 2. The molecule has 0 aromatic heterocycles. The van der Waals surface area contributed by atoms with E-state index in [0.717, 1.165) is 38.5 Å². The lowest BCUT2D eigenvalue weighted by atomic mass is 10.2. The topological polar surface area (TPSA) is 47.6 Å². The molecule has 1 amide bonds. The minimum absolute atomic E-state index is 0.00235. The van der Waals surface area contributed by atoms with E-state index in [2.05, 4.69) is 21.2 Å². The first-order valence-electron chi connectivity index (χ1n) is 7.14. The van der Waals surface area contributed by atoms with Crippen LogP contribution in [0.2, 0.25) is 0 Å². The summed E-state index contributed by atoms with van der Waals surface area (Å²) < 4.78 is 11.7. The normalized spacial score (nSPS) is 12.3. The van der Waals surface area contributed by atoms with Crippen LogP contribution in [-0.2, 0) is 10.5 Å². The Morgan fingerprint density at radius 3 is 2.83 bits per heavy atom. The molecule has 23 heavy (non-hydrogen) atoms. The van der Waals surface area contributed by atoms with E-state index in [0.29, 0.717) is 5.75 Å². The van der Waals surface area contributed by atoms with Crippen molar-refractivity contribution < 1.29 is 14.3 Å². The molecule has 1 aliphatic rings. The SMILES string of the molecule is Cc1cccc(NC(=O)CSCc2cc3c(cc2Br)OCO3)c1. The Morgan fingerprint density at radius 2 is 2.04 bits per heavy atom. The highest BCUT2D eigenvalue weighted by Crippen LogP contribution is 2.38. The molecule has 2 aromatic rings. The molecule has 0 unspecified atom stereocenters.